The predicted molar refractivity (Wildman–Crippen MR) is 71.7 cm³/mol. The van der Waals surface area contributed by atoms with Crippen LogP contribution in [0, 0.1) is 11.8 Å². The number of carbonyl (C=O) groups excluding carboxylic acids is 1. The third-order valence-electron chi connectivity index (χ3n) is 4.72. The number of nitrogens with zero attached hydrogens (tertiary/aromatic N) is 1. The minimum Gasteiger partial charge on any atom is -0.480 e. The summed E-state index contributed by atoms with van der Waals surface area (Å²) < 4.78 is 0. The summed E-state index contributed by atoms with van der Waals surface area (Å²) in [6, 6.07) is -0.188. The van der Waals surface area contributed by atoms with Crippen molar-refractivity contribution in [1.29, 1.82) is 0 Å². The quantitative estimate of drug-likeness (QED) is 0.783. The lowest BCUT2D eigenvalue weighted by molar-refractivity contribution is -0.147. The molecule has 0 radical (unpaired) electrons. The lowest BCUT2D eigenvalue weighted by atomic mass is 9.93. The van der Waals surface area contributed by atoms with Crippen LogP contribution in [0.3, 0.4) is 0 Å². The van der Waals surface area contributed by atoms with Gasteiger partial charge >= 0.3 is 5.97 Å². The van der Waals surface area contributed by atoms with Crippen LogP contribution in [-0.4, -0.2) is 47.1 Å². The molecule has 5 heteroatoms. The molecule has 19 heavy (non-hydrogen) atoms. The van der Waals surface area contributed by atoms with Crippen LogP contribution < -0.4 is 5.32 Å². The summed E-state index contributed by atoms with van der Waals surface area (Å²) >= 11 is 0. The Morgan fingerprint density at radius 1 is 1.42 bits per heavy atom. The number of hydrogen-bond donors (Lipinski definition) is 2. The molecule has 0 aromatic carbocycles. The first-order valence-corrected chi connectivity index (χ1v) is 7.30. The Hall–Kier alpha value is -1.10. The van der Waals surface area contributed by atoms with Gasteiger partial charge in [-0.3, -0.25) is 9.59 Å². The molecule has 1 heterocycles. The summed E-state index contributed by atoms with van der Waals surface area (Å²) in [7, 11) is 0. The molecule has 0 aromatic heterocycles. The number of carbonyl (C=O) groups is 2. The smallest absolute Gasteiger partial charge is 0.323 e. The fraction of sp³-hybridized carbons (Fsp3) is 0.857. The highest BCUT2D eigenvalue weighted by atomic mass is 16.4. The normalized spacial score (nSPS) is 30.9. The van der Waals surface area contributed by atoms with E-state index in [1.807, 2.05) is 13.8 Å². The van der Waals surface area contributed by atoms with Gasteiger partial charge in [0.05, 0.1) is 6.04 Å². The van der Waals surface area contributed by atoms with Crippen LogP contribution in [0.15, 0.2) is 0 Å². The highest BCUT2D eigenvalue weighted by Crippen LogP contribution is 2.38. The monoisotopic (exact) mass is 268 g/mol. The first kappa shape index (κ1) is 14.3. The lowest BCUT2D eigenvalue weighted by Crippen LogP contribution is -2.51. The molecular formula is C14H24N2O3. The van der Waals surface area contributed by atoms with Gasteiger partial charge in [0.25, 0.3) is 0 Å². The molecule has 0 aromatic rings. The maximum absolute atomic E-state index is 12.6. The van der Waals surface area contributed by atoms with Crippen LogP contribution in [0.5, 0.6) is 0 Å². The van der Waals surface area contributed by atoms with Crippen molar-refractivity contribution in [2.75, 3.05) is 13.1 Å². The predicted octanol–water partition coefficient (Wildman–Crippen LogP) is 1.09. The van der Waals surface area contributed by atoms with Crippen LogP contribution >= 0.6 is 0 Å². The van der Waals surface area contributed by atoms with Gasteiger partial charge in [-0.05, 0) is 44.6 Å². The summed E-state index contributed by atoms with van der Waals surface area (Å²) in [6.45, 7) is 4.61. The van der Waals surface area contributed by atoms with Gasteiger partial charge in [0, 0.05) is 6.04 Å². The second kappa shape index (κ2) is 5.90. The molecule has 0 spiro atoms. The molecule has 2 N–H and O–H groups in total. The molecule has 5 nitrogen and oxygen atoms in total. The Balaban J connectivity index is 2.08. The van der Waals surface area contributed by atoms with Crippen molar-refractivity contribution < 1.29 is 14.7 Å². The average molecular weight is 268 g/mol. The Morgan fingerprint density at radius 3 is 2.79 bits per heavy atom. The van der Waals surface area contributed by atoms with Crippen LogP contribution in [-0.2, 0) is 9.59 Å². The molecule has 4 unspecified atom stereocenters. The highest BCUT2D eigenvalue weighted by Gasteiger charge is 2.44. The topological polar surface area (TPSA) is 69.6 Å². The summed E-state index contributed by atoms with van der Waals surface area (Å²) in [5.41, 5.74) is 0. The van der Waals surface area contributed by atoms with E-state index in [0.29, 0.717) is 11.8 Å². The number of rotatable bonds is 5. The van der Waals surface area contributed by atoms with Gasteiger partial charge in [-0.1, -0.05) is 13.3 Å². The number of aliphatic carboxylic acids is 1. The van der Waals surface area contributed by atoms with E-state index in [4.69, 9.17) is 5.11 Å². The molecule has 1 amide bonds. The van der Waals surface area contributed by atoms with Crippen LogP contribution in [0.25, 0.3) is 0 Å². The maximum Gasteiger partial charge on any atom is 0.323 e. The van der Waals surface area contributed by atoms with E-state index in [-0.39, 0.29) is 24.5 Å². The largest absolute Gasteiger partial charge is 0.480 e. The van der Waals surface area contributed by atoms with E-state index < -0.39 is 5.97 Å². The Kier molecular flexibility index (Phi) is 4.45. The molecule has 108 valence electrons. The van der Waals surface area contributed by atoms with Gasteiger partial charge in [-0.2, -0.15) is 0 Å². The van der Waals surface area contributed by atoms with Crippen molar-refractivity contribution >= 4 is 11.9 Å². The van der Waals surface area contributed by atoms with Crippen LogP contribution in [0.1, 0.15) is 39.5 Å². The number of hydrogen-bond acceptors (Lipinski definition) is 3. The van der Waals surface area contributed by atoms with Gasteiger partial charge in [0.15, 0.2) is 0 Å². The zero-order valence-electron chi connectivity index (χ0n) is 11.8. The van der Waals surface area contributed by atoms with Gasteiger partial charge in [-0.25, -0.2) is 0 Å². The lowest BCUT2D eigenvalue weighted by Gasteiger charge is -2.31. The maximum atomic E-state index is 12.6. The molecule has 1 aliphatic heterocycles. The molecule has 1 saturated heterocycles. The molecule has 1 aliphatic carbocycles. The highest BCUT2D eigenvalue weighted by molar-refractivity contribution is 5.86. The number of amides is 1. The van der Waals surface area contributed by atoms with E-state index in [1.165, 1.54) is 17.7 Å². The first-order chi connectivity index (χ1) is 9.04. The SMILES string of the molecule is CCC(C)N(CC(=O)O)C(=O)C1NCC2CCCC21. The van der Waals surface area contributed by atoms with Gasteiger partial charge < -0.3 is 15.3 Å². The van der Waals surface area contributed by atoms with Crippen molar-refractivity contribution in [3.05, 3.63) is 0 Å². The molecule has 2 rings (SSSR count). The van der Waals surface area contributed by atoms with Gasteiger partial charge in [-0.15, -0.1) is 0 Å². The molecule has 2 aliphatic rings. The van der Waals surface area contributed by atoms with E-state index in [1.54, 1.807) is 0 Å². The second-order valence-electron chi connectivity index (χ2n) is 5.86. The van der Waals surface area contributed by atoms with E-state index in [9.17, 15) is 9.59 Å². The Labute approximate surface area is 114 Å². The van der Waals surface area contributed by atoms with Crippen molar-refractivity contribution in [3.63, 3.8) is 0 Å². The third-order valence-corrected chi connectivity index (χ3v) is 4.72. The number of carboxylic acids is 1. The van der Waals surface area contributed by atoms with E-state index in [0.717, 1.165) is 19.4 Å². The van der Waals surface area contributed by atoms with Gasteiger partial charge in [0.1, 0.15) is 6.54 Å². The number of fused-ring (bicyclic) bond motifs is 1. The minimum atomic E-state index is -0.936. The van der Waals surface area contributed by atoms with Gasteiger partial charge in [0.2, 0.25) is 5.91 Å². The number of nitrogens with one attached hydrogen (secondary N) is 1. The van der Waals surface area contributed by atoms with Crippen molar-refractivity contribution in [1.82, 2.24) is 10.2 Å². The van der Waals surface area contributed by atoms with Crippen molar-refractivity contribution in [2.24, 2.45) is 11.8 Å². The van der Waals surface area contributed by atoms with Crippen LogP contribution in [0.2, 0.25) is 0 Å². The fourth-order valence-corrected chi connectivity index (χ4v) is 3.45. The molecule has 1 saturated carbocycles. The third kappa shape index (κ3) is 2.91. The van der Waals surface area contributed by atoms with Crippen molar-refractivity contribution in [3.8, 4) is 0 Å². The first-order valence-electron chi connectivity index (χ1n) is 7.30. The Morgan fingerprint density at radius 2 is 2.16 bits per heavy atom. The summed E-state index contributed by atoms with van der Waals surface area (Å²) in [6.07, 6.45) is 4.27. The zero-order valence-corrected chi connectivity index (χ0v) is 11.8. The average Bonchev–Trinajstić information content (AvgIpc) is 2.96. The van der Waals surface area contributed by atoms with E-state index >= 15 is 0 Å². The second-order valence-corrected chi connectivity index (χ2v) is 5.86. The fourth-order valence-electron chi connectivity index (χ4n) is 3.45. The summed E-state index contributed by atoms with van der Waals surface area (Å²) in [5.74, 6) is 0.0613. The zero-order chi connectivity index (χ0) is 14.0. The summed E-state index contributed by atoms with van der Waals surface area (Å²) in [4.78, 5) is 25.1. The number of carboxylic acid groups (broad SMARTS) is 1. The Bertz CT molecular complexity index is 359. The van der Waals surface area contributed by atoms with E-state index in [2.05, 4.69) is 5.32 Å². The van der Waals surface area contributed by atoms with Crippen LogP contribution in [0.4, 0.5) is 0 Å². The molecule has 4 atom stereocenters. The minimum absolute atomic E-state index is 0.0221. The molecule has 0 bridgehead atoms. The standard InChI is InChI=1S/C14H24N2O3/c1-3-9(2)16(8-12(17)18)14(19)13-11-6-4-5-10(11)7-15-13/h9-11,13,15H,3-8H2,1-2H3,(H,17,18). The van der Waals surface area contributed by atoms with Crippen molar-refractivity contribution in [2.45, 2.75) is 51.6 Å². The summed E-state index contributed by atoms with van der Waals surface area (Å²) in [5, 5.41) is 12.3. The molecular weight excluding hydrogens is 244 g/mol. The molecule has 2 fully saturated rings.